The molecule has 0 saturated heterocycles. The van der Waals surface area contributed by atoms with Crippen LogP contribution < -0.4 is 11.1 Å². The van der Waals surface area contributed by atoms with E-state index in [0.29, 0.717) is 22.9 Å². The molecule has 0 N–H and O–H groups in total. The smallest absolute Gasteiger partial charge is 0.261 e. The number of pyridine rings is 1. The lowest BCUT2D eigenvalue weighted by Gasteiger charge is -2.13. The van der Waals surface area contributed by atoms with Gasteiger partial charge >= 0.3 is 0 Å². The lowest BCUT2D eigenvalue weighted by atomic mass is 9.96. The van der Waals surface area contributed by atoms with Crippen molar-refractivity contribution in [1.29, 1.82) is 0 Å². The van der Waals surface area contributed by atoms with Crippen molar-refractivity contribution in [1.82, 2.24) is 4.57 Å². The van der Waals surface area contributed by atoms with Crippen molar-refractivity contribution in [2.75, 3.05) is 0 Å². The lowest BCUT2D eigenvalue weighted by Crippen LogP contribution is -2.33. The van der Waals surface area contributed by atoms with E-state index in [1.165, 1.54) is 4.57 Å². The Kier molecular flexibility index (Phi) is 3.16. The Balaban J connectivity index is 2.04. The quantitative estimate of drug-likeness (QED) is 0.354. The van der Waals surface area contributed by atoms with Crippen LogP contribution in [0.15, 0.2) is 62.5 Å². The number of benzene rings is 3. The molecule has 0 bridgehead atoms. The van der Waals surface area contributed by atoms with Crippen molar-refractivity contribution in [3.63, 3.8) is 0 Å². The van der Waals surface area contributed by atoms with E-state index in [1.54, 1.807) is 6.07 Å². The van der Waals surface area contributed by atoms with Gasteiger partial charge in [0.25, 0.3) is 11.1 Å². The Morgan fingerprint density at radius 2 is 1.46 bits per heavy atom. The van der Waals surface area contributed by atoms with Crippen LogP contribution in [-0.4, -0.2) is 4.57 Å². The largest absolute Gasteiger partial charge is 0.456 e. The molecule has 2 aromatic heterocycles. The molecule has 0 saturated carbocycles. The Labute approximate surface area is 148 Å². The van der Waals surface area contributed by atoms with Crippen LogP contribution in [0.1, 0.15) is 19.8 Å². The molecule has 4 heteroatoms. The summed E-state index contributed by atoms with van der Waals surface area (Å²) in [7, 11) is 0. The fourth-order valence-corrected chi connectivity index (χ4v) is 3.93. The molecular weight excluding hydrogens is 326 g/mol. The highest BCUT2D eigenvalue weighted by atomic mass is 16.3. The van der Waals surface area contributed by atoms with Gasteiger partial charge in [-0.2, -0.15) is 0 Å². The molecule has 0 aliphatic rings. The van der Waals surface area contributed by atoms with Gasteiger partial charge in [-0.25, -0.2) is 0 Å². The van der Waals surface area contributed by atoms with Crippen LogP contribution in [-0.2, 0) is 6.54 Å². The number of para-hydroxylation sites is 1. The first kappa shape index (κ1) is 15.1. The summed E-state index contributed by atoms with van der Waals surface area (Å²) in [5.41, 5.74) is 1.07. The van der Waals surface area contributed by atoms with Crippen LogP contribution in [0.4, 0.5) is 0 Å². The fourth-order valence-electron chi connectivity index (χ4n) is 3.93. The second-order valence-corrected chi connectivity index (χ2v) is 6.74. The van der Waals surface area contributed by atoms with Gasteiger partial charge in [0.15, 0.2) is 0 Å². The van der Waals surface area contributed by atoms with Gasteiger partial charge in [-0.1, -0.05) is 37.6 Å². The number of hydrogen-bond donors (Lipinski definition) is 0. The van der Waals surface area contributed by atoms with Crippen molar-refractivity contribution < 1.29 is 4.42 Å². The first-order valence-corrected chi connectivity index (χ1v) is 8.94. The van der Waals surface area contributed by atoms with E-state index in [0.717, 1.165) is 40.0 Å². The van der Waals surface area contributed by atoms with Crippen LogP contribution in [0.2, 0.25) is 0 Å². The molecule has 3 aromatic carbocycles. The zero-order valence-corrected chi connectivity index (χ0v) is 14.4. The number of rotatable bonds is 3. The molecule has 0 spiro atoms. The van der Waals surface area contributed by atoms with Gasteiger partial charge < -0.3 is 4.42 Å². The van der Waals surface area contributed by atoms with Crippen molar-refractivity contribution in [2.45, 2.75) is 26.3 Å². The van der Waals surface area contributed by atoms with E-state index in [9.17, 15) is 9.59 Å². The zero-order chi connectivity index (χ0) is 17.8. The van der Waals surface area contributed by atoms with E-state index in [1.807, 2.05) is 49.4 Å². The molecule has 0 unspecified atom stereocenters. The van der Waals surface area contributed by atoms with Crippen LogP contribution in [0.5, 0.6) is 0 Å². The number of aromatic nitrogens is 1. The molecule has 128 valence electrons. The van der Waals surface area contributed by atoms with Gasteiger partial charge in [0.2, 0.25) is 0 Å². The first-order chi connectivity index (χ1) is 12.7. The normalized spacial score (nSPS) is 12.0. The Morgan fingerprint density at radius 1 is 0.769 bits per heavy atom. The minimum absolute atomic E-state index is 0.210. The third-order valence-electron chi connectivity index (χ3n) is 5.21. The molecule has 5 aromatic rings. The molecule has 0 atom stereocenters. The molecule has 0 amide bonds. The topological polar surface area (TPSA) is 52.2 Å². The third-order valence-corrected chi connectivity index (χ3v) is 5.21. The maximum absolute atomic E-state index is 13.0. The van der Waals surface area contributed by atoms with E-state index >= 15 is 0 Å². The zero-order valence-electron chi connectivity index (χ0n) is 14.4. The molecule has 5 rings (SSSR count). The van der Waals surface area contributed by atoms with Gasteiger partial charge in [-0.15, -0.1) is 0 Å². The van der Waals surface area contributed by atoms with Crippen LogP contribution >= 0.6 is 0 Å². The second kappa shape index (κ2) is 5.43. The van der Waals surface area contributed by atoms with Crippen LogP contribution in [0.25, 0.3) is 43.5 Å². The summed E-state index contributed by atoms with van der Waals surface area (Å²) >= 11 is 0. The van der Waals surface area contributed by atoms with E-state index in [4.69, 9.17) is 4.42 Å². The Morgan fingerprint density at radius 3 is 2.23 bits per heavy atom. The molecule has 0 fully saturated rings. The standard InChI is InChI=1S/C22H17NO3/c1-2-3-12-23-21(24)15-9-8-14-13-6-4-5-7-17(13)26-18-11-10-16(22(23)25)19(15)20(14)18/h4-11H,2-3,12H2,1H3. The summed E-state index contributed by atoms with van der Waals surface area (Å²) in [6, 6.07) is 15.3. The Bertz CT molecular complexity index is 1380. The maximum Gasteiger partial charge on any atom is 0.261 e. The minimum atomic E-state index is -0.210. The summed E-state index contributed by atoms with van der Waals surface area (Å²) in [6.45, 7) is 2.50. The second-order valence-electron chi connectivity index (χ2n) is 6.74. The molecular formula is C22H17NO3. The highest BCUT2D eigenvalue weighted by molar-refractivity contribution is 6.26. The Hall–Kier alpha value is -3.14. The average molecular weight is 343 g/mol. The monoisotopic (exact) mass is 343 g/mol. The molecule has 26 heavy (non-hydrogen) atoms. The molecule has 0 aliphatic heterocycles. The number of hydrogen-bond acceptors (Lipinski definition) is 3. The van der Waals surface area contributed by atoms with Crippen LogP contribution in [0.3, 0.4) is 0 Å². The van der Waals surface area contributed by atoms with Gasteiger partial charge in [-0.3, -0.25) is 14.2 Å². The number of fused-ring (bicyclic) bond motifs is 2. The van der Waals surface area contributed by atoms with Crippen molar-refractivity contribution in [3.8, 4) is 0 Å². The first-order valence-electron chi connectivity index (χ1n) is 8.94. The van der Waals surface area contributed by atoms with E-state index in [-0.39, 0.29) is 11.1 Å². The van der Waals surface area contributed by atoms with Crippen molar-refractivity contribution in [3.05, 3.63) is 69.2 Å². The van der Waals surface area contributed by atoms with Gasteiger partial charge in [-0.05, 0) is 36.1 Å². The number of unbranched alkanes of at least 4 members (excludes halogenated alkanes) is 1. The number of nitrogens with zero attached hydrogens (tertiary/aromatic N) is 1. The summed E-state index contributed by atoms with van der Waals surface area (Å²) in [5.74, 6) is 0. The van der Waals surface area contributed by atoms with Gasteiger partial charge in [0.05, 0.1) is 0 Å². The third kappa shape index (κ3) is 1.90. The van der Waals surface area contributed by atoms with E-state index in [2.05, 4.69) is 0 Å². The van der Waals surface area contributed by atoms with Crippen molar-refractivity contribution in [2.24, 2.45) is 0 Å². The summed E-state index contributed by atoms with van der Waals surface area (Å²) in [4.78, 5) is 25.9. The summed E-state index contributed by atoms with van der Waals surface area (Å²) in [5, 5.41) is 4.73. The average Bonchev–Trinajstić information content (AvgIpc) is 2.67. The summed E-state index contributed by atoms with van der Waals surface area (Å²) in [6.07, 6.45) is 1.74. The molecule has 0 radical (unpaired) electrons. The van der Waals surface area contributed by atoms with Crippen molar-refractivity contribution >= 4 is 43.5 Å². The summed E-state index contributed by atoms with van der Waals surface area (Å²) < 4.78 is 7.43. The fraction of sp³-hybridized carbons (Fsp3) is 0.182. The lowest BCUT2D eigenvalue weighted by molar-refractivity contribution is 0.604. The maximum atomic E-state index is 13.0. The molecule has 2 heterocycles. The molecule has 4 nitrogen and oxygen atoms in total. The highest BCUT2D eigenvalue weighted by Crippen LogP contribution is 2.36. The van der Waals surface area contributed by atoms with Crippen LogP contribution in [0, 0.1) is 0 Å². The van der Waals surface area contributed by atoms with Gasteiger partial charge in [0, 0.05) is 33.5 Å². The highest BCUT2D eigenvalue weighted by Gasteiger charge is 2.18. The predicted octanol–water partition coefficient (Wildman–Crippen LogP) is 4.65. The minimum Gasteiger partial charge on any atom is -0.456 e. The van der Waals surface area contributed by atoms with Gasteiger partial charge in [0.1, 0.15) is 11.2 Å². The molecule has 0 aliphatic carbocycles. The predicted molar refractivity (Wildman–Crippen MR) is 105 cm³/mol. The van der Waals surface area contributed by atoms with E-state index < -0.39 is 0 Å². The SMILES string of the molecule is CCCCn1c(=O)c2ccc3oc4ccccc4c4ccc(c1=O)c2c34.